The molecule has 1 aromatic carbocycles. The molecule has 0 aliphatic carbocycles. The number of nitrogens with zero attached hydrogens (tertiary/aromatic N) is 2. The number of rotatable bonds is 4. The third-order valence-electron chi connectivity index (χ3n) is 3.10. The van der Waals surface area contributed by atoms with Crippen LogP contribution in [0, 0.1) is 11.3 Å². The summed E-state index contributed by atoms with van der Waals surface area (Å²) in [6.07, 6.45) is 0. The molecule has 2 rings (SSSR count). The van der Waals surface area contributed by atoms with E-state index in [-0.39, 0.29) is 5.57 Å². The highest BCUT2D eigenvalue weighted by Gasteiger charge is 2.23. The number of carbonyl (C=O) groups is 1. The smallest absolute Gasteiger partial charge is 0.352 e. The number of esters is 1. The minimum absolute atomic E-state index is 0.0387. The van der Waals surface area contributed by atoms with E-state index in [1.54, 1.807) is 0 Å². The van der Waals surface area contributed by atoms with Crippen molar-refractivity contribution in [1.29, 1.82) is 5.26 Å². The molecule has 0 bridgehead atoms. The van der Waals surface area contributed by atoms with Crippen LogP contribution in [0.3, 0.4) is 0 Å². The topological polar surface area (TPSA) is 74.6 Å². The van der Waals surface area contributed by atoms with Crippen LogP contribution in [0.5, 0.6) is 0 Å². The molecule has 0 aromatic heterocycles. The highest BCUT2D eigenvalue weighted by molar-refractivity contribution is 5.94. The molecule has 0 spiro atoms. The number of nitriles is 1. The molecule has 1 N–H and O–H groups in total. The molecule has 6 heteroatoms. The molecule has 0 radical (unpaired) electrons. The zero-order valence-electron chi connectivity index (χ0n) is 11.8. The van der Waals surface area contributed by atoms with Gasteiger partial charge < -0.3 is 19.7 Å². The Hall–Kier alpha value is -2.52. The Morgan fingerprint density at radius 2 is 2.00 bits per heavy atom. The lowest BCUT2D eigenvalue weighted by atomic mass is 10.2. The quantitative estimate of drug-likeness (QED) is 0.512. The fourth-order valence-corrected chi connectivity index (χ4v) is 2.04. The van der Waals surface area contributed by atoms with Crippen molar-refractivity contribution in [2.75, 3.05) is 38.7 Å². The van der Waals surface area contributed by atoms with Crippen LogP contribution < -0.4 is 5.32 Å². The van der Waals surface area contributed by atoms with E-state index in [0.717, 1.165) is 5.69 Å². The largest absolute Gasteiger partial charge is 0.465 e. The van der Waals surface area contributed by atoms with Gasteiger partial charge in [-0.05, 0) is 12.1 Å². The first-order valence-corrected chi connectivity index (χ1v) is 6.63. The lowest BCUT2D eigenvalue weighted by Crippen LogP contribution is -2.39. The summed E-state index contributed by atoms with van der Waals surface area (Å²) in [5.41, 5.74) is 0.763. The van der Waals surface area contributed by atoms with Gasteiger partial charge in [-0.3, -0.25) is 0 Å². The van der Waals surface area contributed by atoms with Crippen LogP contribution in [0.15, 0.2) is 41.7 Å². The molecule has 1 saturated heterocycles. The Labute approximate surface area is 123 Å². The van der Waals surface area contributed by atoms with Gasteiger partial charge in [-0.2, -0.15) is 5.26 Å². The lowest BCUT2D eigenvalue weighted by Gasteiger charge is -2.31. The van der Waals surface area contributed by atoms with Gasteiger partial charge >= 0.3 is 5.97 Å². The van der Waals surface area contributed by atoms with Crippen LogP contribution in [0.1, 0.15) is 0 Å². The number of ether oxygens (including phenoxy) is 2. The number of benzene rings is 1. The molecule has 1 heterocycles. The van der Waals surface area contributed by atoms with Crippen molar-refractivity contribution in [2.45, 2.75) is 0 Å². The second kappa shape index (κ2) is 7.31. The van der Waals surface area contributed by atoms with E-state index >= 15 is 0 Å². The van der Waals surface area contributed by atoms with Crippen molar-refractivity contribution in [3.63, 3.8) is 0 Å². The summed E-state index contributed by atoms with van der Waals surface area (Å²) in [7, 11) is 1.26. The molecule has 0 amide bonds. The summed E-state index contributed by atoms with van der Waals surface area (Å²) in [6.45, 7) is 2.33. The SMILES string of the molecule is COC(=O)/C(C#N)=C(/Nc1ccccc1)N1CCOCC1. The van der Waals surface area contributed by atoms with Crippen LogP contribution in [0.25, 0.3) is 0 Å². The monoisotopic (exact) mass is 287 g/mol. The van der Waals surface area contributed by atoms with Gasteiger partial charge in [-0.1, -0.05) is 18.2 Å². The molecular weight excluding hydrogens is 270 g/mol. The fourth-order valence-electron chi connectivity index (χ4n) is 2.04. The highest BCUT2D eigenvalue weighted by Crippen LogP contribution is 2.18. The number of anilines is 1. The van der Waals surface area contributed by atoms with Gasteiger partial charge in [0.05, 0.1) is 20.3 Å². The molecule has 1 aliphatic heterocycles. The van der Waals surface area contributed by atoms with Gasteiger partial charge in [-0.15, -0.1) is 0 Å². The molecule has 1 aliphatic rings. The number of methoxy groups -OCH3 is 1. The summed E-state index contributed by atoms with van der Waals surface area (Å²) in [5.74, 6) is -0.193. The average molecular weight is 287 g/mol. The van der Waals surface area contributed by atoms with Crippen LogP contribution in [-0.2, 0) is 14.3 Å². The summed E-state index contributed by atoms with van der Waals surface area (Å²) < 4.78 is 10.0. The van der Waals surface area contributed by atoms with E-state index in [2.05, 4.69) is 5.32 Å². The summed E-state index contributed by atoms with van der Waals surface area (Å²) >= 11 is 0. The summed E-state index contributed by atoms with van der Waals surface area (Å²) in [6, 6.07) is 11.3. The molecule has 0 atom stereocenters. The molecular formula is C15H17N3O3. The maximum atomic E-state index is 11.8. The zero-order chi connectivity index (χ0) is 15.1. The van der Waals surface area contributed by atoms with Crippen LogP contribution >= 0.6 is 0 Å². The number of nitrogens with one attached hydrogen (secondary N) is 1. The number of carbonyl (C=O) groups excluding carboxylic acids is 1. The Bertz CT molecular complexity index is 557. The summed E-state index contributed by atoms with van der Waals surface area (Å²) in [5, 5.41) is 12.4. The first kappa shape index (κ1) is 14.9. The van der Waals surface area contributed by atoms with Gasteiger partial charge in [0.2, 0.25) is 0 Å². The fraction of sp³-hybridized carbons (Fsp3) is 0.333. The average Bonchev–Trinajstić information content (AvgIpc) is 2.56. The third-order valence-corrected chi connectivity index (χ3v) is 3.10. The minimum atomic E-state index is -0.651. The molecule has 0 saturated carbocycles. The highest BCUT2D eigenvalue weighted by atomic mass is 16.5. The maximum absolute atomic E-state index is 11.8. The van der Waals surface area contributed by atoms with Crippen molar-refractivity contribution >= 4 is 11.7 Å². The van der Waals surface area contributed by atoms with Crippen molar-refractivity contribution < 1.29 is 14.3 Å². The molecule has 110 valence electrons. The molecule has 6 nitrogen and oxygen atoms in total. The molecule has 1 fully saturated rings. The van der Waals surface area contributed by atoms with Gasteiger partial charge in [-0.25, -0.2) is 4.79 Å². The number of para-hydroxylation sites is 1. The van der Waals surface area contributed by atoms with Gasteiger partial charge in [0, 0.05) is 18.8 Å². The first-order chi connectivity index (χ1) is 10.3. The van der Waals surface area contributed by atoms with Crippen molar-refractivity contribution in [2.24, 2.45) is 0 Å². The van der Waals surface area contributed by atoms with Crippen LogP contribution in [-0.4, -0.2) is 44.3 Å². The van der Waals surface area contributed by atoms with E-state index in [0.29, 0.717) is 32.1 Å². The number of morpholine rings is 1. The summed E-state index contributed by atoms with van der Waals surface area (Å²) in [4.78, 5) is 13.7. The van der Waals surface area contributed by atoms with E-state index in [9.17, 15) is 10.1 Å². The number of hydrogen-bond acceptors (Lipinski definition) is 6. The van der Waals surface area contributed by atoms with Gasteiger partial charge in [0.25, 0.3) is 0 Å². The minimum Gasteiger partial charge on any atom is -0.465 e. The van der Waals surface area contributed by atoms with Gasteiger partial charge in [0.1, 0.15) is 11.9 Å². The Morgan fingerprint density at radius 1 is 1.33 bits per heavy atom. The van der Waals surface area contributed by atoms with Crippen molar-refractivity contribution in [3.05, 3.63) is 41.7 Å². The number of hydrogen-bond donors (Lipinski definition) is 1. The van der Waals surface area contributed by atoms with Crippen LogP contribution in [0.4, 0.5) is 5.69 Å². The third kappa shape index (κ3) is 3.74. The predicted octanol–water partition coefficient (Wildman–Crippen LogP) is 1.34. The van der Waals surface area contributed by atoms with E-state index in [1.807, 2.05) is 41.3 Å². The van der Waals surface area contributed by atoms with Crippen molar-refractivity contribution in [1.82, 2.24) is 4.90 Å². The lowest BCUT2D eigenvalue weighted by molar-refractivity contribution is -0.135. The predicted molar refractivity (Wildman–Crippen MR) is 77.1 cm³/mol. The van der Waals surface area contributed by atoms with E-state index in [1.165, 1.54) is 7.11 Å². The Morgan fingerprint density at radius 3 is 2.57 bits per heavy atom. The van der Waals surface area contributed by atoms with Gasteiger partial charge in [0.15, 0.2) is 5.57 Å². The molecule has 21 heavy (non-hydrogen) atoms. The normalized spacial score (nSPS) is 15.7. The second-order valence-corrected chi connectivity index (χ2v) is 4.42. The Balaban J connectivity index is 2.35. The van der Waals surface area contributed by atoms with Crippen molar-refractivity contribution in [3.8, 4) is 6.07 Å². The van der Waals surface area contributed by atoms with E-state index in [4.69, 9.17) is 9.47 Å². The zero-order valence-corrected chi connectivity index (χ0v) is 11.8. The maximum Gasteiger partial charge on any atom is 0.352 e. The molecule has 1 aromatic rings. The van der Waals surface area contributed by atoms with Crippen LogP contribution in [0.2, 0.25) is 0 Å². The standard InChI is InChI=1S/C15H17N3O3/c1-20-15(19)13(11-16)14(18-7-9-21-10-8-18)17-12-5-3-2-4-6-12/h2-6,17H,7-10H2,1H3/b14-13-. The Kier molecular flexibility index (Phi) is 5.18. The van der Waals surface area contributed by atoms with E-state index < -0.39 is 5.97 Å². The molecule has 0 unspecified atom stereocenters. The first-order valence-electron chi connectivity index (χ1n) is 6.63. The second-order valence-electron chi connectivity index (χ2n) is 4.42.